The van der Waals surface area contributed by atoms with E-state index in [2.05, 4.69) is 31.5 Å². The molecule has 1 aliphatic carbocycles. The summed E-state index contributed by atoms with van der Waals surface area (Å²) < 4.78 is 0. The topological polar surface area (TPSA) is 24.9 Å². The molecule has 1 fully saturated rings. The highest BCUT2D eigenvalue weighted by molar-refractivity contribution is 7.09. The number of hydrogen-bond donors (Lipinski definition) is 1. The first-order valence-electron chi connectivity index (χ1n) is 7.38. The monoisotopic (exact) mass is 266 g/mol. The van der Waals surface area contributed by atoms with Crippen LogP contribution in [0.4, 0.5) is 0 Å². The summed E-state index contributed by atoms with van der Waals surface area (Å²) in [4.78, 5) is 4.75. The van der Waals surface area contributed by atoms with Gasteiger partial charge in [0.25, 0.3) is 0 Å². The van der Waals surface area contributed by atoms with Crippen LogP contribution in [0.3, 0.4) is 0 Å². The number of aromatic nitrogens is 1. The quantitative estimate of drug-likeness (QED) is 0.862. The molecule has 0 saturated heterocycles. The number of nitrogens with one attached hydrogen (secondary N) is 1. The molecule has 2 rings (SSSR count). The van der Waals surface area contributed by atoms with Crippen molar-refractivity contribution in [1.82, 2.24) is 10.3 Å². The van der Waals surface area contributed by atoms with Crippen LogP contribution >= 0.6 is 11.3 Å². The fourth-order valence-corrected chi connectivity index (χ4v) is 4.28. The molecule has 1 saturated carbocycles. The van der Waals surface area contributed by atoms with E-state index in [0.717, 1.165) is 12.5 Å². The lowest BCUT2D eigenvalue weighted by Crippen LogP contribution is -2.45. The average Bonchev–Trinajstić information content (AvgIpc) is 2.80. The Bertz CT molecular complexity index is 364. The molecule has 0 aromatic carbocycles. The van der Waals surface area contributed by atoms with Gasteiger partial charge in [0.05, 0.1) is 5.54 Å². The first-order valence-corrected chi connectivity index (χ1v) is 8.25. The van der Waals surface area contributed by atoms with E-state index in [-0.39, 0.29) is 5.54 Å². The highest BCUT2D eigenvalue weighted by atomic mass is 32.1. The van der Waals surface area contributed by atoms with Crippen molar-refractivity contribution in [2.24, 2.45) is 5.92 Å². The zero-order chi connectivity index (χ0) is 13.0. The molecule has 1 aliphatic rings. The van der Waals surface area contributed by atoms with Crippen molar-refractivity contribution in [2.75, 3.05) is 6.54 Å². The van der Waals surface area contributed by atoms with E-state index in [1.165, 1.54) is 49.2 Å². The lowest BCUT2D eigenvalue weighted by Gasteiger charge is -2.39. The van der Waals surface area contributed by atoms with Gasteiger partial charge in [0.1, 0.15) is 5.01 Å². The maximum absolute atomic E-state index is 4.75. The maximum atomic E-state index is 4.75. The van der Waals surface area contributed by atoms with Crippen LogP contribution in [0.5, 0.6) is 0 Å². The van der Waals surface area contributed by atoms with E-state index >= 15 is 0 Å². The standard InChI is InChI=1S/C15H26N2S/c1-4-6-13-7-9-15(10-8-13,16-5-2)14-17-12(3)11-18-14/h11,13,16H,4-10H2,1-3H3. The average molecular weight is 266 g/mol. The van der Waals surface area contributed by atoms with Gasteiger partial charge in [-0.15, -0.1) is 11.3 Å². The minimum Gasteiger partial charge on any atom is -0.306 e. The Labute approximate surface area is 115 Å². The van der Waals surface area contributed by atoms with Crippen molar-refractivity contribution < 1.29 is 0 Å². The first kappa shape index (κ1) is 14.0. The normalized spacial score (nSPS) is 28.5. The molecule has 1 N–H and O–H groups in total. The highest BCUT2D eigenvalue weighted by Gasteiger charge is 2.38. The van der Waals surface area contributed by atoms with Crippen LogP contribution in [-0.2, 0) is 5.54 Å². The van der Waals surface area contributed by atoms with Gasteiger partial charge in [-0.25, -0.2) is 4.98 Å². The smallest absolute Gasteiger partial charge is 0.113 e. The third-order valence-corrected chi connectivity index (χ3v) is 5.36. The molecule has 0 radical (unpaired) electrons. The van der Waals surface area contributed by atoms with E-state index in [0.29, 0.717) is 0 Å². The van der Waals surface area contributed by atoms with Gasteiger partial charge in [0, 0.05) is 11.1 Å². The van der Waals surface area contributed by atoms with E-state index in [1.54, 1.807) is 0 Å². The summed E-state index contributed by atoms with van der Waals surface area (Å²) in [6, 6.07) is 0. The Kier molecular flexibility index (Phi) is 4.79. The van der Waals surface area contributed by atoms with Gasteiger partial charge < -0.3 is 5.32 Å². The first-order chi connectivity index (χ1) is 8.70. The van der Waals surface area contributed by atoms with Crippen LogP contribution in [-0.4, -0.2) is 11.5 Å². The van der Waals surface area contributed by atoms with Crippen molar-refractivity contribution in [2.45, 2.75) is 64.8 Å². The predicted octanol–water partition coefficient (Wildman–Crippen LogP) is 4.25. The minimum absolute atomic E-state index is 0.178. The van der Waals surface area contributed by atoms with Crippen LogP contribution in [0, 0.1) is 12.8 Å². The van der Waals surface area contributed by atoms with E-state index in [9.17, 15) is 0 Å². The van der Waals surface area contributed by atoms with Crippen molar-refractivity contribution in [3.05, 3.63) is 16.1 Å². The predicted molar refractivity (Wildman–Crippen MR) is 79.1 cm³/mol. The Balaban J connectivity index is 2.10. The van der Waals surface area contributed by atoms with Gasteiger partial charge in [-0.2, -0.15) is 0 Å². The second-order valence-electron chi connectivity index (χ2n) is 5.64. The van der Waals surface area contributed by atoms with Crippen molar-refractivity contribution in [3.63, 3.8) is 0 Å². The molecule has 0 bridgehead atoms. The lowest BCUT2D eigenvalue weighted by atomic mass is 9.75. The molecule has 0 spiro atoms. The molecule has 0 unspecified atom stereocenters. The van der Waals surface area contributed by atoms with Crippen LogP contribution in [0.15, 0.2) is 5.38 Å². The molecule has 1 aromatic rings. The molecule has 102 valence electrons. The lowest BCUT2D eigenvalue weighted by molar-refractivity contribution is 0.184. The SMILES string of the molecule is CCCC1CCC(NCC)(c2nc(C)cs2)CC1. The van der Waals surface area contributed by atoms with Gasteiger partial charge >= 0.3 is 0 Å². The van der Waals surface area contributed by atoms with Crippen LogP contribution in [0.25, 0.3) is 0 Å². The van der Waals surface area contributed by atoms with Crippen LogP contribution in [0.1, 0.15) is 63.1 Å². The maximum Gasteiger partial charge on any atom is 0.113 e. The van der Waals surface area contributed by atoms with Crippen LogP contribution in [0.2, 0.25) is 0 Å². The highest BCUT2D eigenvalue weighted by Crippen LogP contribution is 2.41. The van der Waals surface area contributed by atoms with Crippen molar-refractivity contribution in [1.29, 1.82) is 0 Å². The van der Waals surface area contributed by atoms with E-state index in [4.69, 9.17) is 4.98 Å². The molecule has 0 amide bonds. The molecule has 3 heteroatoms. The second kappa shape index (κ2) is 6.16. The largest absolute Gasteiger partial charge is 0.306 e. The van der Waals surface area contributed by atoms with Gasteiger partial charge in [0.15, 0.2) is 0 Å². The number of aryl methyl sites for hydroxylation is 1. The number of rotatable bonds is 5. The Morgan fingerprint density at radius 2 is 2.11 bits per heavy atom. The van der Waals surface area contributed by atoms with Gasteiger partial charge in [-0.3, -0.25) is 0 Å². The number of nitrogens with zero attached hydrogens (tertiary/aromatic N) is 1. The molecule has 1 aromatic heterocycles. The number of hydrogen-bond acceptors (Lipinski definition) is 3. The summed E-state index contributed by atoms with van der Waals surface area (Å²) in [5, 5.41) is 7.24. The van der Waals surface area contributed by atoms with Crippen molar-refractivity contribution in [3.8, 4) is 0 Å². The molecule has 1 heterocycles. The molecule has 18 heavy (non-hydrogen) atoms. The Hall–Kier alpha value is -0.410. The summed E-state index contributed by atoms with van der Waals surface area (Å²) in [7, 11) is 0. The van der Waals surface area contributed by atoms with Crippen LogP contribution < -0.4 is 5.32 Å². The Morgan fingerprint density at radius 3 is 2.61 bits per heavy atom. The minimum atomic E-state index is 0.178. The zero-order valence-electron chi connectivity index (χ0n) is 12.0. The Morgan fingerprint density at radius 1 is 1.39 bits per heavy atom. The van der Waals surface area contributed by atoms with Gasteiger partial charge in [-0.1, -0.05) is 26.7 Å². The van der Waals surface area contributed by atoms with Crippen molar-refractivity contribution >= 4 is 11.3 Å². The molecule has 0 aliphatic heterocycles. The molecule has 2 nitrogen and oxygen atoms in total. The van der Waals surface area contributed by atoms with E-state index in [1.807, 2.05) is 11.3 Å². The fourth-order valence-electron chi connectivity index (χ4n) is 3.25. The summed E-state index contributed by atoms with van der Waals surface area (Å²) in [6.45, 7) is 7.65. The van der Waals surface area contributed by atoms with Gasteiger partial charge in [0.2, 0.25) is 0 Å². The zero-order valence-corrected chi connectivity index (χ0v) is 12.8. The second-order valence-corrected chi connectivity index (χ2v) is 6.50. The fraction of sp³-hybridized carbons (Fsp3) is 0.800. The third-order valence-electron chi connectivity index (χ3n) is 4.20. The molecular weight excluding hydrogens is 240 g/mol. The summed E-state index contributed by atoms with van der Waals surface area (Å²) >= 11 is 1.84. The summed E-state index contributed by atoms with van der Waals surface area (Å²) in [6.07, 6.45) is 7.98. The summed E-state index contributed by atoms with van der Waals surface area (Å²) in [5.41, 5.74) is 1.35. The third kappa shape index (κ3) is 2.94. The number of thiazole rings is 1. The molecule has 0 atom stereocenters. The van der Waals surface area contributed by atoms with E-state index < -0.39 is 0 Å². The molecular formula is C15H26N2S. The summed E-state index contributed by atoms with van der Waals surface area (Å²) in [5.74, 6) is 0.947. The van der Waals surface area contributed by atoms with Gasteiger partial charge in [-0.05, 0) is 45.1 Å².